The molecule has 0 saturated heterocycles. The van der Waals surface area contributed by atoms with Gasteiger partial charge < -0.3 is 10.2 Å². The third-order valence-electron chi connectivity index (χ3n) is 1.49. The van der Waals surface area contributed by atoms with Crippen molar-refractivity contribution in [3.8, 4) is 0 Å². The average molecular weight is 126 g/mol. The van der Waals surface area contributed by atoms with Crippen LogP contribution in [0.5, 0.6) is 0 Å². The Balaban J connectivity index is 2.69. The first-order chi connectivity index (χ1) is 4.22. The zero-order valence-corrected chi connectivity index (χ0v) is 5.59. The molecule has 0 aromatic rings. The topological polar surface area (TPSA) is 32.3 Å². The van der Waals surface area contributed by atoms with Crippen molar-refractivity contribution in [3.63, 3.8) is 0 Å². The van der Waals surface area contributed by atoms with Crippen molar-refractivity contribution < 1.29 is 4.79 Å². The van der Waals surface area contributed by atoms with Crippen LogP contribution in [-0.2, 0) is 4.79 Å². The summed E-state index contributed by atoms with van der Waals surface area (Å²) in [5, 5.41) is 2.99. The van der Waals surface area contributed by atoms with E-state index < -0.39 is 0 Å². The van der Waals surface area contributed by atoms with E-state index in [0.717, 1.165) is 0 Å². The summed E-state index contributed by atoms with van der Waals surface area (Å²) >= 11 is 0. The van der Waals surface area contributed by atoms with Crippen molar-refractivity contribution in [2.24, 2.45) is 0 Å². The van der Waals surface area contributed by atoms with Crippen LogP contribution in [0.25, 0.3) is 0 Å². The molecule has 0 bridgehead atoms. The van der Waals surface area contributed by atoms with Crippen LogP contribution in [0.4, 0.5) is 0 Å². The van der Waals surface area contributed by atoms with Gasteiger partial charge in [-0.2, -0.15) is 0 Å². The Labute approximate surface area is 54.3 Å². The van der Waals surface area contributed by atoms with Crippen molar-refractivity contribution in [2.45, 2.75) is 13.1 Å². The largest absolute Gasteiger partial charge is 0.371 e. The highest BCUT2D eigenvalue weighted by atomic mass is 16.2. The summed E-state index contributed by atoms with van der Waals surface area (Å²) in [6, 6.07) is 0. The van der Waals surface area contributed by atoms with Gasteiger partial charge in [-0.25, -0.2) is 0 Å². The Morgan fingerprint density at radius 2 is 2.44 bits per heavy atom. The molecule has 1 rings (SSSR count). The fourth-order valence-electron chi connectivity index (χ4n) is 0.679. The Bertz CT molecular complexity index is 153. The second-order valence-corrected chi connectivity index (χ2v) is 2.13. The maximum atomic E-state index is 10.8. The Morgan fingerprint density at radius 3 is 2.89 bits per heavy atom. The van der Waals surface area contributed by atoms with Crippen molar-refractivity contribution in [1.82, 2.24) is 10.2 Å². The molecule has 3 nitrogen and oxygen atoms in total. The smallest absolute Gasteiger partial charge is 0.249 e. The van der Waals surface area contributed by atoms with Gasteiger partial charge in [0.15, 0.2) is 0 Å². The standard InChI is InChI=1S/C6H10N2O/c1-5-7-4-3-6(9)8(5)2/h3-5,7H,1-2H3/t5-/m0/s1. The molecule has 3 heteroatoms. The van der Waals surface area contributed by atoms with Gasteiger partial charge in [-0.1, -0.05) is 0 Å². The van der Waals surface area contributed by atoms with Crippen LogP contribution in [0.2, 0.25) is 0 Å². The molecular weight excluding hydrogens is 116 g/mol. The highest BCUT2D eigenvalue weighted by Gasteiger charge is 2.14. The lowest BCUT2D eigenvalue weighted by atomic mass is 10.3. The molecule has 0 aromatic carbocycles. The lowest BCUT2D eigenvalue weighted by Crippen LogP contribution is -2.44. The van der Waals surface area contributed by atoms with Gasteiger partial charge in [0.05, 0.1) is 6.17 Å². The number of nitrogens with zero attached hydrogens (tertiary/aromatic N) is 1. The van der Waals surface area contributed by atoms with Crippen LogP contribution in [0.15, 0.2) is 12.3 Å². The van der Waals surface area contributed by atoms with E-state index in [2.05, 4.69) is 5.32 Å². The minimum absolute atomic E-state index is 0.0567. The number of carbonyl (C=O) groups excluding carboxylic acids is 1. The van der Waals surface area contributed by atoms with Crippen molar-refractivity contribution >= 4 is 5.91 Å². The van der Waals surface area contributed by atoms with Crippen molar-refractivity contribution in [2.75, 3.05) is 7.05 Å². The predicted octanol–water partition coefficient (Wildman–Crippen LogP) is -0.0923. The van der Waals surface area contributed by atoms with Gasteiger partial charge in [0, 0.05) is 19.3 Å². The Hall–Kier alpha value is -0.990. The summed E-state index contributed by atoms with van der Waals surface area (Å²) in [5.74, 6) is 0.0567. The minimum Gasteiger partial charge on any atom is -0.371 e. The van der Waals surface area contributed by atoms with Gasteiger partial charge in [-0.3, -0.25) is 4.79 Å². The molecular formula is C6H10N2O. The molecule has 9 heavy (non-hydrogen) atoms. The van der Waals surface area contributed by atoms with Crippen LogP contribution >= 0.6 is 0 Å². The van der Waals surface area contributed by atoms with Crippen LogP contribution in [0.3, 0.4) is 0 Å². The number of rotatable bonds is 0. The van der Waals surface area contributed by atoms with Gasteiger partial charge >= 0.3 is 0 Å². The Kier molecular flexibility index (Phi) is 1.42. The third-order valence-corrected chi connectivity index (χ3v) is 1.49. The van der Waals surface area contributed by atoms with E-state index in [4.69, 9.17) is 0 Å². The van der Waals surface area contributed by atoms with Crippen molar-refractivity contribution in [3.05, 3.63) is 12.3 Å². The number of likely N-dealkylation sites (N-methyl/N-ethyl adjacent to an activating group) is 1. The summed E-state index contributed by atoms with van der Waals surface area (Å²) in [6.07, 6.45) is 3.31. The molecule has 1 amide bonds. The second kappa shape index (κ2) is 2.09. The van der Waals surface area contributed by atoms with Gasteiger partial charge in [-0.05, 0) is 6.92 Å². The zero-order chi connectivity index (χ0) is 6.85. The molecule has 0 aliphatic carbocycles. The molecule has 0 fully saturated rings. The predicted molar refractivity (Wildman–Crippen MR) is 34.5 cm³/mol. The minimum atomic E-state index is 0.0567. The Morgan fingerprint density at radius 1 is 1.78 bits per heavy atom. The third kappa shape index (κ3) is 1.04. The van der Waals surface area contributed by atoms with E-state index in [9.17, 15) is 4.79 Å². The first-order valence-corrected chi connectivity index (χ1v) is 2.91. The average Bonchev–Trinajstić information content (AvgIpc) is 1.83. The van der Waals surface area contributed by atoms with Crippen LogP contribution in [-0.4, -0.2) is 24.0 Å². The molecule has 0 spiro atoms. The lowest BCUT2D eigenvalue weighted by Gasteiger charge is -2.26. The number of nitrogens with one attached hydrogen (secondary N) is 1. The molecule has 0 unspecified atom stereocenters. The van der Waals surface area contributed by atoms with E-state index >= 15 is 0 Å². The molecule has 1 heterocycles. The summed E-state index contributed by atoms with van der Waals surface area (Å²) in [4.78, 5) is 12.4. The number of amides is 1. The van der Waals surface area contributed by atoms with Crippen molar-refractivity contribution in [1.29, 1.82) is 0 Å². The molecule has 1 atom stereocenters. The number of hydrogen-bond donors (Lipinski definition) is 1. The first-order valence-electron chi connectivity index (χ1n) is 2.91. The van der Waals surface area contributed by atoms with E-state index in [1.807, 2.05) is 6.92 Å². The van der Waals surface area contributed by atoms with E-state index in [-0.39, 0.29) is 12.1 Å². The van der Waals surface area contributed by atoms with E-state index in [1.165, 1.54) is 6.08 Å². The molecule has 1 aliphatic rings. The quantitative estimate of drug-likeness (QED) is 0.492. The maximum Gasteiger partial charge on any atom is 0.249 e. The SMILES string of the molecule is C[C@H]1NC=CC(=O)N1C. The van der Waals surface area contributed by atoms with Gasteiger partial charge in [-0.15, -0.1) is 0 Å². The molecule has 1 aliphatic heterocycles. The maximum absolute atomic E-state index is 10.8. The lowest BCUT2D eigenvalue weighted by molar-refractivity contribution is -0.127. The van der Waals surface area contributed by atoms with Gasteiger partial charge in [0.1, 0.15) is 0 Å². The molecule has 50 valence electrons. The molecule has 1 N–H and O–H groups in total. The normalized spacial score (nSPS) is 26.2. The summed E-state index contributed by atoms with van der Waals surface area (Å²) in [7, 11) is 1.77. The molecule has 0 radical (unpaired) electrons. The monoisotopic (exact) mass is 126 g/mol. The fraction of sp³-hybridized carbons (Fsp3) is 0.500. The summed E-state index contributed by atoms with van der Waals surface area (Å²) in [6.45, 7) is 1.93. The van der Waals surface area contributed by atoms with Crippen LogP contribution in [0, 0.1) is 0 Å². The van der Waals surface area contributed by atoms with Crippen LogP contribution < -0.4 is 5.32 Å². The molecule has 0 aromatic heterocycles. The van der Waals surface area contributed by atoms with Gasteiger partial charge in [0.2, 0.25) is 5.91 Å². The highest BCUT2D eigenvalue weighted by molar-refractivity contribution is 5.88. The second-order valence-electron chi connectivity index (χ2n) is 2.13. The zero-order valence-electron chi connectivity index (χ0n) is 5.59. The number of carbonyl (C=O) groups is 1. The first kappa shape index (κ1) is 6.13. The van der Waals surface area contributed by atoms with E-state index in [1.54, 1.807) is 18.1 Å². The highest BCUT2D eigenvalue weighted by Crippen LogP contribution is 1.97. The number of hydrogen-bond acceptors (Lipinski definition) is 2. The van der Waals surface area contributed by atoms with Gasteiger partial charge in [0.25, 0.3) is 0 Å². The van der Waals surface area contributed by atoms with Crippen LogP contribution in [0.1, 0.15) is 6.92 Å². The summed E-state index contributed by atoms with van der Waals surface area (Å²) < 4.78 is 0. The summed E-state index contributed by atoms with van der Waals surface area (Å²) in [5.41, 5.74) is 0. The molecule has 0 saturated carbocycles. The van der Waals surface area contributed by atoms with E-state index in [0.29, 0.717) is 0 Å². The fourth-order valence-corrected chi connectivity index (χ4v) is 0.679.